The maximum absolute atomic E-state index is 12.3. The van der Waals surface area contributed by atoms with Crippen LogP contribution in [0.4, 0.5) is 8.78 Å². The summed E-state index contributed by atoms with van der Waals surface area (Å²) in [7, 11) is 0. The molecule has 2 nitrogen and oxygen atoms in total. The van der Waals surface area contributed by atoms with E-state index < -0.39 is 5.92 Å². The fourth-order valence-corrected chi connectivity index (χ4v) is 1.32. The Morgan fingerprint density at radius 2 is 2.33 bits per heavy atom. The average molecular weight is 178 g/mol. The highest BCUT2D eigenvalue weighted by atomic mass is 19.3. The first-order valence-corrected chi connectivity index (χ1v) is 4.40. The Morgan fingerprint density at radius 1 is 1.58 bits per heavy atom. The minimum Gasteiger partial charge on any atom is -0.315 e. The zero-order chi connectivity index (χ0) is 9.03. The average Bonchev–Trinajstić information content (AvgIpc) is 2.36. The third-order valence-corrected chi connectivity index (χ3v) is 2.06. The van der Waals surface area contributed by atoms with Crippen molar-refractivity contribution in [3.05, 3.63) is 0 Å². The van der Waals surface area contributed by atoms with Crippen LogP contribution in [0, 0.1) is 0 Å². The van der Waals surface area contributed by atoms with Crippen molar-refractivity contribution in [2.75, 3.05) is 19.6 Å². The lowest BCUT2D eigenvalue weighted by molar-refractivity contribution is 0.0129. The van der Waals surface area contributed by atoms with E-state index in [0.717, 1.165) is 26.4 Å². The summed E-state index contributed by atoms with van der Waals surface area (Å²) in [6, 6.07) is 0.396. The Kier molecular flexibility index (Phi) is 3.40. The molecule has 0 saturated carbocycles. The second kappa shape index (κ2) is 4.14. The number of nitrogens with one attached hydrogen (secondary N) is 2. The smallest absolute Gasteiger partial charge is 0.246 e. The third-order valence-electron chi connectivity index (χ3n) is 2.06. The van der Waals surface area contributed by atoms with Crippen molar-refractivity contribution >= 4 is 0 Å². The third kappa shape index (κ3) is 3.97. The lowest BCUT2D eigenvalue weighted by Gasteiger charge is -2.14. The summed E-state index contributed by atoms with van der Waals surface area (Å²) in [4.78, 5) is 0. The van der Waals surface area contributed by atoms with Gasteiger partial charge in [0.05, 0.1) is 0 Å². The van der Waals surface area contributed by atoms with Gasteiger partial charge in [0.1, 0.15) is 0 Å². The largest absolute Gasteiger partial charge is 0.315 e. The minimum atomic E-state index is -2.53. The van der Waals surface area contributed by atoms with Gasteiger partial charge < -0.3 is 10.6 Å². The summed E-state index contributed by atoms with van der Waals surface area (Å²) in [6.07, 6.45) is 0.985. The number of hydrogen-bond donors (Lipinski definition) is 2. The number of hydrogen-bond acceptors (Lipinski definition) is 2. The van der Waals surface area contributed by atoms with Crippen molar-refractivity contribution in [3.8, 4) is 0 Å². The predicted molar refractivity (Wildman–Crippen MR) is 44.5 cm³/mol. The van der Waals surface area contributed by atoms with Gasteiger partial charge in [0.25, 0.3) is 0 Å². The number of rotatable bonds is 4. The van der Waals surface area contributed by atoms with Gasteiger partial charge in [0, 0.05) is 25.6 Å². The van der Waals surface area contributed by atoms with E-state index in [4.69, 9.17) is 0 Å². The van der Waals surface area contributed by atoms with Crippen LogP contribution in [0.5, 0.6) is 0 Å². The van der Waals surface area contributed by atoms with Crippen LogP contribution in [0.25, 0.3) is 0 Å². The summed E-state index contributed by atoms with van der Waals surface area (Å²) < 4.78 is 24.7. The normalized spacial score (nSPS) is 24.8. The van der Waals surface area contributed by atoms with Gasteiger partial charge in [-0.2, -0.15) is 0 Å². The van der Waals surface area contributed by atoms with E-state index in [-0.39, 0.29) is 6.42 Å². The summed E-state index contributed by atoms with van der Waals surface area (Å²) in [6.45, 7) is 3.28. The molecule has 12 heavy (non-hydrogen) atoms. The molecule has 4 heteroatoms. The molecule has 1 unspecified atom stereocenters. The van der Waals surface area contributed by atoms with Crippen LogP contribution in [0.15, 0.2) is 0 Å². The van der Waals surface area contributed by atoms with E-state index in [9.17, 15) is 8.78 Å². The molecule has 1 atom stereocenters. The highest BCUT2D eigenvalue weighted by molar-refractivity contribution is 4.77. The Hall–Kier alpha value is -0.220. The maximum Gasteiger partial charge on any atom is 0.246 e. The molecular formula is C8H16F2N2. The lowest BCUT2D eigenvalue weighted by atomic mass is 10.2. The van der Waals surface area contributed by atoms with E-state index in [1.165, 1.54) is 0 Å². The summed E-state index contributed by atoms with van der Waals surface area (Å²) >= 11 is 0. The van der Waals surface area contributed by atoms with E-state index in [1.807, 2.05) is 0 Å². The lowest BCUT2D eigenvalue weighted by Crippen LogP contribution is -2.33. The van der Waals surface area contributed by atoms with E-state index >= 15 is 0 Å². The van der Waals surface area contributed by atoms with Crippen LogP contribution in [0.3, 0.4) is 0 Å². The fourth-order valence-electron chi connectivity index (χ4n) is 1.32. The minimum absolute atomic E-state index is 0.0660. The van der Waals surface area contributed by atoms with Crippen LogP contribution in [-0.2, 0) is 0 Å². The maximum atomic E-state index is 12.3. The van der Waals surface area contributed by atoms with E-state index in [1.54, 1.807) is 0 Å². The Balaban J connectivity index is 2.02. The molecule has 72 valence electrons. The van der Waals surface area contributed by atoms with Crippen molar-refractivity contribution < 1.29 is 8.78 Å². The van der Waals surface area contributed by atoms with Gasteiger partial charge in [0.15, 0.2) is 0 Å². The second-order valence-electron chi connectivity index (χ2n) is 3.46. The van der Waals surface area contributed by atoms with Gasteiger partial charge in [-0.05, 0) is 19.9 Å². The van der Waals surface area contributed by atoms with Gasteiger partial charge in [-0.1, -0.05) is 0 Å². The quantitative estimate of drug-likeness (QED) is 0.670. The topological polar surface area (TPSA) is 24.1 Å². The highest BCUT2D eigenvalue weighted by Gasteiger charge is 2.21. The molecule has 0 aliphatic carbocycles. The molecule has 1 aliphatic rings. The molecule has 0 aromatic rings. The second-order valence-corrected chi connectivity index (χ2v) is 3.46. The number of alkyl halides is 2. The zero-order valence-corrected chi connectivity index (χ0v) is 7.37. The standard InChI is InChI=1S/C8H16F2N2/c1-8(9,10)3-5-12-7-2-4-11-6-7/h7,11-12H,2-6H2,1H3. The van der Waals surface area contributed by atoms with Gasteiger partial charge in [0.2, 0.25) is 5.92 Å². The summed E-state index contributed by atoms with van der Waals surface area (Å²) in [5, 5.41) is 6.27. The molecule has 0 aromatic heterocycles. The SMILES string of the molecule is CC(F)(F)CCNC1CCNC1. The van der Waals surface area contributed by atoms with Gasteiger partial charge >= 0.3 is 0 Å². The summed E-state index contributed by atoms with van der Waals surface area (Å²) in [5.74, 6) is -2.53. The molecule has 0 radical (unpaired) electrons. The Morgan fingerprint density at radius 3 is 2.83 bits per heavy atom. The fraction of sp³-hybridized carbons (Fsp3) is 1.00. The number of halogens is 2. The van der Waals surface area contributed by atoms with Crippen LogP contribution in [0.2, 0.25) is 0 Å². The monoisotopic (exact) mass is 178 g/mol. The van der Waals surface area contributed by atoms with Gasteiger partial charge in [-0.15, -0.1) is 0 Å². The first kappa shape index (κ1) is 9.86. The first-order chi connectivity index (χ1) is 5.58. The van der Waals surface area contributed by atoms with Crippen molar-refractivity contribution in [1.29, 1.82) is 0 Å². The van der Waals surface area contributed by atoms with Crippen molar-refractivity contribution in [2.24, 2.45) is 0 Å². The van der Waals surface area contributed by atoms with Crippen LogP contribution < -0.4 is 10.6 Å². The zero-order valence-electron chi connectivity index (χ0n) is 7.37. The van der Waals surface area contributed by atoms with Crippen LogP contribution in [0.1, 0.15) is 19.8 Å². The van der Waals surface area contributed by atoms with Crippen molar-refractivity contribution in [3.63, 3.8) is 0 Å². The predicted octanol–water partition coefficient (Wildman–Crippen LogP) is 0.983. The van der Waals surface area contributed by atoms with Gasteiger partial charge in [-0.25, -0.2) is 8.78 Å². The molecule has 1 heterocycles. The first-order valence-electron chi connectivity index (χ1n) is 4.40. The van der Waals surface area contributed by atoms with Crippen LogP contribution >= 0.6 is 0 Å². The molecule has 1 fully saturated rings. The molecular weight excluding hydrogens is 162 g/mol. The highest BCUT2D eigenvalue weighted by Crippen LogP contribution is 2.15. The van der Waals surface area contributed by atoms with Crippen molar-refractivity contribution in [1.82, 2.24) is 10.6 Å². The molecule has 0 bridgehead atoms. The molecule has 1 saturated heterocycles. The molecule has 0 spiro atoms. The molecule has 0 aromatic carbocycles. The Labute approximate surface area is 71.7 Å². The summed E-state index contributed by atoms with van der Waals surface area (Å²) in [5.41, 5.74) is 0. The van der Waals surface area contributed by atoms with Crippen LogP contribution in [-0.4, -0.2) is 31.6 Å². The molecule has 2 N–H and O–H groups in total. The molecule has 0 amide bonds. The Bertz CT molecular complexity index is 128. The van der Waals surface area contributed by atoms with Crippen molar-refractivity contribution in [2.45, 2.75) is 31.7 Å². The van der Waals surface area contributed by atoms with E-state index in [0.29, 0.717) is 12.6 Å². The molecule has 1 aliphatic heterocycles. The van der Waals surface area contributed by atoms with E-state index in [2.05, 4.69) is 10.6 Å². The van der Waals surface area contributed by atoms with Gasteiger partial charge in [-0.3, -0.25) is 0 Å². The molecule has 1 rings (SSSR count).